The van der Waals surface area contributed by atoms with Crippen LogP contribution in [0.25, 0.3) is 0 Å². The second kappa shape index (κ2) is 3.22. The lowest BCUT2D eigenvalue weighted by Gasteiger charge is -2.51. The number of carbonyl (C=O) groups is 1. The van der Waals surface area contributed by atoms with Gasteiger partial charge in [-0.05, 0) is 42.9 Å². The molecule has 1 unspecified atom stereocenters. The van der Waals surface area contributed by atoms with Crippen molar-refractivity contribution >= 4 is 6.29 Å². The number of allylic oxidation sites excluding steroid dienone is 1. The molecule has 1 nitrogen and oxygen atoms in total. The third-order valence-corrected chi connectivity index (χ3v) is 4.87. The average molecular weight is 192 g/mol. The molecule has 0 aromatic heterocycles. The molecule has 2 fully saturated rings. The van der Waals surface area contributed by atoms with Crippen LogP contribution in [0.15, 0.2) is 12.2 Å². The van der Waals surface area contributed by atoms with Gasteiger partial charge >= 0.3 is 0 Å². The average Bonchev–Trinajstić information content (AvgIpc) is 2.17. The highest BCUT2D eigenvalue weighted by molar-refractivity contribution is 5.56. The highest BCUT2D eigenvalue weighted by atomic mass is 16.1. The van der Waals surface area contributed by atoms with Gasteiger partial charge in [-0.1, -0.05) is 26.0 Å². The van der Waals surface area contributed by atoms with Crippen LogP contribution >= 0.6 is 0 Å². The molecule has 14 heavy (non-hydrogen) atoms. The smallest absolute Gasteiger partial charge is 0.123 e. The predicted octanol–water partition coefficient (Wildman–Crippen LogP) is 3.20. The lowest BCUT2D eigenvalue weighted by atomic mass is 9.53. The fraction of sp³-hybridized carbons (Fsp3) is 0.769. The van der Waals surface area contributed by atoms with Crippen LogP contribution < -0.4 is 0 Å². The molecule has 2 saturated carbocycles. The van der Waals surface area contributed by atoms with E-state index in [0.29, 0.717) is 11.3 Å². The van der Waals surface area contributed by atoms with Gasteiger partial charge in [0, 0.05) is 5.92 Å². The van der Waals surface area contributed by atoms with E-state index in [1.807, 2.05) is 0 Å². The van der Waals surface area contributed by atoms with Gasteiger partial charge < -0.3 is 4.79 Å². The summed E-state index contributed by atoms with van der Waals surface area (Å²) >= 11 is 0. The fourth-order valence-corrected chi connectivity index (χ4v) is 3.37. The number of hydrogen-bond acceptors (Lipinski definition) is 1. The summed E-state index contributed by atoms with van der Waals surface area (Å²) in [6, 6.07) is 0. The summed E-state index contributed by atoms with van der Waals surface area (Å²) in [5, 5.41) is 0. The van der Waals surface area contributed by atoms with Crippen LogP contribution in [0.4, 0.5) is 0 Å². The normalized spacial score (nSPS) is 47.6. The first-order chi connectivity index (χ1) is 6.59. The summed E-state index contributed by atoms with van der Waals surface area (Å²) in [6.45, 7) is 8.94. The summed E-state index contributed by atoms with van der Waals surface area (Å²) in [5.74, 6) is 1.50. The Kier molecular flexibility index (Phi) is 2.29. The summed E-state index contributed by atoms with van der Waals surface area (Å²) in [4.78, 5) is 11.0. The third kappa shape index (κ3) is 1.18. The minimum Gasteiger partial charge on any atom is -0.303 e. The quantitative estimate of drug-likeness (QED) is 0.460. The Labute approximate surface area is 86.6 Å². The van der Waals surface area contributed by atoms with Gasteiger partial charge in [0.25, 0.3) is 0 Å². The Hall–Kier alpha value is -0.590. The van der Waals surface area contributed by atoms with Crippen LogP contribution in [0, 0.1) is 23.2 Å². The molecule has 2 aliphatic rings. The van der Waals surface area contributed by atoms with Crippen LogP contribution in [-0.2, 0) is 4.79 Å². The Morgan fingerprint density at radius 2 is 2.14 bits per heavy atom. The highest BCUT2D eigenvalue weighted by Crippen LogP contribution is 2.56. The monoisotopic (exact) mass is 192 g/mol. The highest BCUT2D eigenvalue weighted by Gasteiger charge is 2.46. The van der Waals surface area contributed by atoms with Crippen molar-refractivity contribution in [3.8, 4) is 0 Å². The van der Waals surface area contributed by atoms with E-state index in [9.17, 15) is 4.79 Å². The molecule has 1 heteroatoms. The van der Waals surface area contributed by atoms with Gasteiger partial charge in [0.2, 0.25) is 0 Å². The largest absolute Gasteiger partial charge is 0.303 e. The molecule has 0 saturated heterocycles. The van der Waals surface area contributed by atoms with Crippen molar-refractivity contribution in [1.29, 1.82) is 0 Å². The second-order valence-corrected chi connectivity index (χ2v) is 5.37. The van der Waals surface area contributed by atoms with Crippen molar-refractivity contribution in [3.63, 3.8) is 0 Å². The molecular weight excluding hydrogens is 172 g/mol. The predicted molar refractivity (Wildman–Crippen MR) is 57.9 cm³/mol. The SMILES string of the molecule is C=C1[C@H]2CC[C@@H](C)[C@]1(C)CCC2C=O. The maximum absolute atomic E-state index is 11.0. The summed E-state index contributed by atoms with van der Waals surface area (Å²) < 4.78 is 0. The van der Waals surface area contributed by atoms with Crippen LogP contribution in [0.3, 0.4) is 0 Å². The summed E-state index contributed by atoms with van der Waals surface area (Å²) in [6.07, 6.45) is 5.84. The van der Waals surface area contributed by atoms with Gasteiger partial charge in [-0.15, -0.1) is 0 Å². The maximum Gasteiger partial charge on any atom is 0.123 e. The molecule has 2 aliphatic carbocycles. The fourth-order valence-electron chi connectivity index (χ4n) is 3.37. The standard InChI is InChI=1S/C13H20O/c1-9-4-5-12-10(2)13(9,3)7-6-11(12)8-14/h8-9,11-12H,2,4-7H2,1,3H3/t9-,11?,12-,13+/m1/s1. The summed E-state index contributed by atoms with van der Waals surface area (Å²) in [5.41, 5.74) is 1.68. The van der Waals surface area contributed by atoms with Gasteiger partial charge in [0.05, 0.1) is 0 Å². The van der Waals surface area contributed by atoms with Gasteiger partial charge in [-0.3, -0.25) is 0 Å². The molecule has 2 bridgehead atoms. The lowest BCUT2D eigenvalue weighted by molar-refractivity contribution is -0.114. The lowest BCUT2D eigenvalue weighted by Crippen LogP contribution is -2.43. The number of hydrogen-bond donors (Lipinski definition) is 0. The molecule has 4 atom stereocenters. The Morgan fingerprint density at radius 3 is 2.79 bits per heavy atom. The van der Waals surface area contributed by atoms with Crippen LogP contribution in [0.5, 0.6) is 0 Å². The van der Waals surface area contributed by atoms with Crippen molar-refractivity contribution in [2.75, 3.05) is 0 Å². The molecule has 0 radical (unpaired) electrons. The number of fused-ring (bicyclic) bond motifs is 2. The number of carbonyl (C=O) groups excluding carboxylic acids is 1. The van der Waals surface area contributed by atoms with E-state index < -0.39 is 0 Å². The molecule has 0 heterocycles. The van der Waals surface area contributed by atoms with Crippen molar-refractivity contribution in [3.05, 3.63) is 12.2 Å². The van der Waals surface area contributed by atoms with E-state index >= 15 is 0 Å². The van der Waals surface area contributed by atoms with Crippen molar-refractivity contribution in [2.24, 2.45) is 23.2 Å². The third-order valence-electron chi connectivity index (χ3n) is 4.87. The molecule has 0 spiro atoms. The first-order valence-electron chi connectivity index (χ1n) is 5.74. The minimum atomic E-state index is 0.267. The number of aldehydes is 1. The van der Waals surface area contributed by atoms with Gasteiger partial charge in [0.1, 0.15) is 6.29 Å². The van der Waals surface area contributed by atoms with Crippen molar-refractivity contribution in [1.82, 2.24) is 0 Å². The molecule has 0 amide bonds. The van der Waals surface area contributed by atoms with E-state index in [4.69, 9.17) is 0 Å². The molecule has 0 N–H and O–H groups in total. The molecule has 2 rings (SSSR count). The molecule has 0 aliphatic heterocycles. The first-order valence-corrected chi connectivity index (χ1v) is 5.74. The Bertz CT molecular complexity index is 268. The molecule has 0 aromatic carbocycles. The van der Waals surface area contributed by atoms with Gasteiger partial charge in [0.15, 0.2) is 0 Å². The second-order valence-electron chi connectivity index (χ2n) is 5.37. The van der Waals surface area contributed by atoms with Crippen LogP contribution in [0.2, 0.25) is 0 Å². The maximum atomic E-state index is 11.0. The van der Waals surface area contributed by atoms with E-state index in [2.05, 4.69) is 20.4 Å². The zero-order valence-corrected chi connectivity index (χ0v) is 9.25. The van der Waals surface area contributed by atoms with Gasteiger partial charge in [-0.2, -0.15) is 0 Å². The van der Waals surface area contributed by atoms with Gasteiger partial charge in [-0.25, -0.2) is 0 Å². The summed E-state index contributed by atoms with van der Waals surface area (Å²) in [7, 11) is 0. The zero-order valence-electron chi connectivity index (χ0n) is 9.25. The van der Waals surface area contributed by atoms with E-state index in [-0.39, 0.29) is 5.92 Å². The Morgan fingerprint density at radius 1 is 1.43 bits per heavy atom. The van der Waals surface area contributed by atoms with Crippen molar-refractivity contribution < 1.29 is 4.79 Å². The zero-order chi connectivity index (χ0) is 10.3. The number of rotatable bonds is 1. The van der Waals surface area contributed by atoms with Crippen LogP contribution in [0.1, 0.15) is 39.5 Å². The molecule has 0 aromatic rings. The van der Waals surface area contributed by atoms with E-state index in [0.717, 1.165) is 25.0 Å². The van der Waals surface area contributed by atoms with Crippen LogP contribution in [-0.4, -0.2) is 6.29 Å². The topological polar surface area (TPSA) is 17.1 Å². The Balaban J connectivity index is 2.29. The van der Waals surface area contributed by atoms with E-state index in [1.165, 1.54) is 18.4 Å². The van der Waals surface area contributed by atoms with E-state index in [1.54, 1.807) is 0 Å². The molecule has 78 valence electrons. The molecular formula is C13H20O. The van der Waals surface area contributed by atoms with Crippen molar-refractivity contribution in [2.45, 2.75) is 39.5 Å². The first kappa shape index (κ1) is 9.95. The minimum absolute atomic E-state index is 0.267.